The van der Waals surface area contributed by atoms with Crippen molar-refractivity contribution < 1.29 is 0 Å². The van der Waals surface area contributed by atoms with Gasteiger partial charge in [-0.2, -0.15) is 0 Å². The molecule has 0 amide bonds. The Labute approximate surface area is 81.5 Å². The van der Waals surface area contributed by atoms with Crippen LogP contribution in [-0.4, -0.2) is 23.4 Å². The normalized spacial score (nSPS) is 9.92. The number of nitrogens with zero attached hydrogens (tertiary/aromatic N) is 2. The number of para-hydroxylation sites is 1. The fourth-order valence-electron chi connectivity index (χ4n) is 1.22. The molecular formula is C9H6BClN2. The Balaban J connectivity index is 2.86. The van der Waals surface area contributed by atoms with Gasteiger partial charge in [0.15, 0.2) is 0 Å². The Morgan fingerprint density at radius 2 is 2.23 bits per heavy atom. The molecule has 0 saturated heterocycles. The van der Waals surface area contributed by atoms with Gasteiger partial charge in [0.05, 0.1) is 0 Å². The number of aromatic nitrogens is 2. The summed E-state index contributed by atoms with van der Waals surface area (Å²) in [5.41, 5.74) is 1.82. The predicted octanol–water partition coefficient (Wildman–Crippen LogP) is 1.04. The number of halogens is 1. The van der Waals surface area contributed by atoms with E-state index in [9.17, 15) is 0 Å². The summed E-state index contributed by atoms with van der Waals surface area (Å²) in [4.78, 5) is 8.03. The molecule has 0 atom stereocenters. The van der Waals surface area contributed by atoms with Gasteiger partial charge in [-0.3, -0.25) is 0 Å². The topological polar surface area (TPSA) is 25.8 Å². The van der Waals surface area contributed by atoms with E-state index in [-0.39, 0.29) is 5.28 Å². The van der Waals surface area contributed by atoms with Crippen LogP contribution in [0.1, 0.15) is 0 Å². The summed E-state index contributed by atoms with van der Waals surface area (Å²) in [7, 11) is 0. The Bertz CT molecular complexity index is 470. The van der Waals surface area contributed by atoms with Gasteiger partial charge in [-0.1, -0.05) is 0 Å². The third-order valence-electron chi connectivity index (χ3n) is 1.83. The molecule has 1 aromatic heterocycles. The molecule has 1 heterocycles. The average Bonchev–Trinajstić information content (AvgIpc) is 2.17. The standard InChI is InChI=1S/C9H6BClN2/c1-10-7-4-2-3-6-5-12-9(11)13-8(6)7/h2-5H,1H2. The minimum absolute atomic E-state index is 0.266. The molecule has 4 heteroatoms. The Morgan fingerprint density at radius 1 is 1.38 bits per heavy atom. The second-order valence-electron chi connectivity index (χ2n) is 2.63. The molecule has 2 aromatic rings. The van der Waals surface area contributed by atoms with E-state index in [1.807, 2.05) is 18.2 Å². The van der Waals surface area contributed by atoms with Crippen molar-refractivity contribution >= 4 is 41.4 Å². The van der Waals surface area contributed by atoms with Crippen molar-refractivity contribution in [3.05, 3.63) is 29.7 Å². The first-order valence-corrected chi connectivity index (χ1v) is 4.23. The zero-order chi connectivity index (χ0) is 9.26. The van der Waals surface area contributed by atoms with E-state index in [0.29, 0.717) is 0 Å². The van der Waals surface area contributed by atoms with E-state index in [0.717, 1.165) is 16.4 Å². The van der Waals surface area contributed by atoms with Gasteiger partial charge in [0, 0.05) is 0 Å². The Kier molecular flexibility index (Phi) is 2.11. The van der Waals surface area contributed by atoms with Crippen molar-refractivity contribution in [2.24, 2.45) is 0 Å². The fourth-order valence-corrected chi connectivity index (χ4v) is 1.36. The van der Waals surface area contributed by atoms with Gasteiger partial charge in [-0.05, 0) is 0 Å². The van der Waals surface area contributed by atoms with Gasteiger partial charge < -0.3 is 0 Å². The van der Waals surface area contributed by atoms with Crippen LogP contribution in [0.5, 0.6) is 0 Å². The molecular weight excluding hydrogens is 182 g/mol. The van der Waals surface area contributed by atoms with E-state index in [2.05, 4.69) is 16.4 Å². The number of fused-ring (bicyclic) bond motifs is 1. The Morgan fingerprint density at radius 3 is 3.00 bits per heavy atom. The van der Waals surface area contributed by atoms with Crippen molar-refractivity contribution in [3.63, 3.8) is 0 Å². The Hall–Kier alpha value is -1.22. The average molecular weight is 188 g/mol. The third kappa shape index (κ3) is 1.47. The van der Waals surface area contributed by atoms with Crippen LogP contribution < -0.4 is 5.46 Å². The molecule has 13 heavy (non-hydrogen) atoms. The zero-order valence-corrected chi connectivity index (χ0v) is 7.62. The summed E-state index contributed by atoms with van der Waals surface area (Å²) in [5.74, 6) is 0. The maximum atomic E-state index is 5.69. The zero-order valence-electron chi connectivity index (χ0n) is 6.87. The van der Waals surface area contributed by atoms with Crippen LogP contribution in [-0.2, 0) is 0 Å². The molecule has 0 aliphatic carbocycles. The molecule has 0 unspecified atom stereocenters. The van der Waals surface area contributed by atoms with E-state index in [1.54, 1.807) is 13.1 Å². The van der Waals surface area contributed by atoms with Crippen LogP contribution in [0.25, 0.3) is 10.9 Å². The molecule has 0 aliphatic rings. The summed E-state index contributed by atoms with van der Waals surface area (Å²) in [6.07, 6.45) is 1.71. The van der Waals surface area contributed by atoms with Crippen molar-refractivity contribution in [3.8, 4) is 0 Å². The first kappa shape index (κ1) is 8.39. The maximum absolute atomic E-state index is 5.69. The molecule has 0 N–H and O–H groups in total. The van der Waals surface area contributed by atoms with Crippen LogP contribution in [0.3, 0.4) is 0 Å². The molecule has 62 valence electrons. The SMILES string of the molecule is C=Bc1cccc2cnc(Cl)nc12. The monoisotopic (exact) mass is 188 g/mol. The summed E-state index contributed by atoms with van der Waals surface area (Å²) >= 11 is 5.69. The number of rotatable bonds is 1. The molecule has 2 rings (SSSR count). The molecule has 0 spiro atoms. The molecule has 0 bridgehead atoms. The molecule has 0 radical (unpaired) electrons. The molecule has 0 fully saturated rings. The molecule has 2 nitrogen and oxygen atoms in total. The number of hydrogen-bond acceptors (Lipinski definition) is 2. The van der Waals surface area contributed by atoms with Gasteiger partial charge in [0.25, 0.3) is 0 Å². The van der Waals surface area contributed by atoms with Crippen molar-refractivity contribution in [1.82, 2.24) is 9.97 Å². The van der Waals surface area contributed by atoms with Gasteiger partial charge >= 0.3 is 81.0 Å². The van der Waals surface area contributed by atoms with Crippen LogP contribution in [0.2, 0.25) is 5.28 Å². The van der Waals surface area contributed by atoms with E-state index in [4.69, 9.17) is 11.6 Å². The van der Waals surface area contributed by atoms with E-state index >= 15 is 0 Å². The first-order valence-electron chi connectivity index (χ1n) is 3.85. The predicted molar refractivity (Wildman–Crippen MR) is 57.1 cm³/mol. The molecule has 0 saturated carbocycles. The summed E-state index contributed by atoms with van der Waals surface area (Å²) in [6, 6.07) is 5.83. The quantitative estimate of drug-likeness (QED) is 0.494. The van der Waals surface area contributed by atoms with Crippen LogP contribution in [0.4, 0.5) is 0 Å². The fraction of sp³-hybridized carbons (Fsp3) is 0. The minimum atomic E-state index is 0.266. The molecule has 1 aromatic carbocycles. The second-order valence-corrected chi connectivity index (χ2v) is 2.97. The van der Waals surface area contributed by atoms with Crippen LogP contribution in [0, 0.1) is 0 Å². The van der Waals surface area contributed by atoms with Crippen molar-refractivity contribution in [2.75, 3.05) is 0 Å². The summed E-state index contributed by atoms with van der Waals surface area (Å²) < 4.78 is 0. The number of benzene rings is 1. The van der Waals surface area contributed by atoms with Crippen molar-refractivity contribution in [1.29, 1.82) is 0 Å². The van der Waals surface area contributed by atoms with Crippen molar-refractivity contribution in [2.45, 2.75) is 0 Å². The van der Waals surface area contributed by atoms with Gasteiger partial charge in [0.1, 0.15) is 0 Å². The molecule has 0 aliphatic heterocycles. The second kappa shape index (κ2) is 3.26. The summed E-state index contributed by atoms with van der Waals surface area (Å²) in [5, 5.41) is 1.24. The van der Waals surface area contributed by atoms with Gasteiger partial charge in [-0.15, -0.1) is 0 Å². The van der Waals surface area contributed by atoms with Crippen LogP contribution >= 0.6 is 11.6 Å². The van der Waals surface area contributed by atoms with Gasteiger partial charge in [0.2, 0.25) is 0 Å². The van der Waals surface area contributed by atoms with Crippen LogP contribution in [0.15, 0.2) is 24.4 Å². The van der Waals surface area contributed by atoms with E-state index in [1.165, 1.54) is 0 Å². The van der Waals surface area contributed by atoms with E-state index < -0.39 is 0 Å². The van der Waals surface area contributed by atoms with Gasteiger partial charge in [-0.25, -0.2) is 0 Å². The first-order chi connectivity index (χ1) is 6.31. The third-order valence-corrected chi connectivity index (χ3v) is 2.01. The number of hydrogen-bond donors (Lipinski definition) is 0. The summed E-state index contributed by atoms with van der Waals surface area (Å²) in [6.45, 7) is 5.46.